The molecule has 0 heterocycles. The van der Waals surface area contributed by atoms with Crippen molar-refractivity contribution in [1.29, 1.82) is 0 Å². The minimum absolute atomic E-state index is 0.851. The Hall–Kier alpha value is -0.550. The van der Waals surface area contributed by atoms with E-state index in [2.05, 4.69) is 6.42 Å². The lowest BCUT2D eigenvalue weighted by molar-refractivity contribution is 0.192. The highest BCUT2D eigenvalue weighted by Gasteiger charge is 1.90. The van der Waals surface area contributed by atoms with Crippen LogP contribution in [-0.4, -0.2) is 17.9 Å². The van der Waals surface area contributed by atoms with Crippen LogP contribution in [0.1, 0.15) is 0 Å². The Morgan fingerprint density at radius 2 is 2.50 bits per heavy atom. The largest absolute Gasteiger partial charge is 0.378 e. The number of aliphatic hydroxyl groups is 1. The van der Waals surface area contributed by atoms with Gasteiger partial charge in [0.1, 0.15) is 12.8 Å². The fourth-order valence-electron chi connectivity index (χ4n) is 0.0445. The number of aliphatic hydroxyl groups excluding tert-OH is 1. The fourth-order valence-corrected chi connectivity index (χ4v) is 0.0445. The van der Waals surface area contributed by atoms with E-state index < -0.39 is 12.8 Å². The zero-order valence-corrected chi connectivity index (χ0v) is 3.19. The van der Waals surface area contributed by atoms with Crippen molar-refractivity contribution in [2.75, 3.05) is 6.67 Å². The summed E-state index contributed by atoms with van der Waals surface area (Å²) in [4.78, 5) is 0. The summed E-state index contributed by atoms with van der Waals surface area (Å²) in [6.45, 7) is -0.851. The average molecular weight is 88.1 g/mol. The van der Waals surface area contributed by atoms with Crippen molar-refractivity contribution in [2.45, 2.75) is 6.10 Å². The summed E-state index contributed by atoms with van der Waals surface area (Å²) in [5.74, 6) is 1.80. The molecule has 0 bridgehead atoms. The number of halogens is 1. The van der Waals surface area contributed by atoms with Crippen molar-refractivity contribution < 1.29 is 9.50 Å². The SMILES string of the molecule is C#CC(O)CF. The summed E-state index contributed by atoms with van der Waals surface area (Å²) in [5, 5.41) is 8.06. The second kappa shape index (κ2) is 2.67. The third-order valence-electron chi connectivity index (χ3n) is 0.339. The van der Waals surface area contributed by atoms with Gasteiger partial charge in [0.2, 0.25) is 0 Å². The smallest absolute Gasteiger partial charge is 0.142 e. The van der Waals surface area contributed by atoms with Crippen molar-refractivity contribution in [3.63, 3.8) is 0 Å². The quantitative estimate of drug-likeness (QED) is 0.445. The summed E-state index contributed by atoms with van der Waals surface area (Å²) in [5.41, 5.74) is 0. The molecule has 1 unspecified atom stereocenters. The zero-order chi connectivity index (χ0) is 4.99. The maximum Gasteiger partial charge on any atom is 0.142 e. The van der Waals surface area contributed by atoms with E-state index in [0.717, 1.165) is 0 Å². The third-order valence-corrected chi connectivity index (χ3v) is 0.339. The maximum absolute atomic E-state index is 11.0. The summed E-state index contributed by atoms with van der Waals surface area (Å²) < 4.78 is 11.0. The molecule has 0 aromatic carbocycles. The van der Waals surface area contributed by atoms with E-state index in [4.69, 9.17) is 5.11 Å². The van der Waals surface area contributed by atoms with Crippen molar-refractivity contribution in [2.24, 2.45) is 0 Å². The van der Waals surface area contributed by atoms with E-state index in [1.165, 1.54) is 0 Å². The predicted molar refractivity (Wildman–Crippen MR) is 20.8 cm³/mol. The highest BCUT2D eigenvalue weighted by molar-refractivity contribution is 4.92. The molecule has 0 saturated carbocycles. The standard InChI is InChI=1S/C4H5FO/c1-2-4(6)3-5/h1,4,6H,3H2. The van der Waals surface area contributed by atoms with Gasteiger partial charge in [0, 0.05) is 0 Å². The molecule has 0 spiro atoms. The van der Waals surface area contributed by atoms with Gasteiger partial charge < -0.3 is 5.11 Å². The zero-order valence-electron chi connectivity index (χ0n) is 3.19. The summed E-state index contributed by atoms with van der Waals surface area (Å²) >= 11 is 0. The highest BCUT2D eigenvalue weighted by atomic mass is 19.1. The van der Waals surface area contributed by atoms with Crippen molar-refractivity contribution in [3.8, 4) is 12.3 Å². The molecule has 0 radical (unpaired) electrons. The van der Waals surface area contributed by atoms with E-state index in [-0.39, 0.29) is 0 Å². The lowest BCUT2D eigenvalue weighted by atomic mass is 10.4. The van der Waals surface area contributed by atoms with Gasteiger partial charge in [-0.1, -0.05) is 5.92 Å². The first kappa shape index (κ1) is 5.45. The van der Waals surface area contributed by atoms with E-state index in [1.807, 2.05) is 0 Å². The molecule has 0 fully saturated rings. The van der Waals surface area contributed by atoms with Gasteiger partial charge in [0.25, 0.3) is 0 Å². The number of terminal acetylenes is 1. The second-order valence-corrected chi connectivity index (χ2v) is 0.837. The van der Waals surface area contributed by atoms with Gasteiger partial charge in [0.05, 0.1) is 0 Å². The van der Waals surface area contributed by atoms with Crippen LogP contribution in [0.15, 0.2) is 0 Å². The fraction of sp³-hybridized carbons (Fsp3) is 0.500. The van der Waals surface area contributed by atoms with E-state index >= 15 is 0 Å². The molecule has 0 aliphatic carbocycles. The van der Waals surface area contributed by atoms with E-state index in [9.17, 15) is 4.39 Å². The average Bonchev–Trinajstić information content (AvgIpc) is 1.65. The van der Waals surface area contributed by atoms with Gasteiger partial charge in [-0.25, -0.2) is 4.39 Å². The minimum atomic E-state index is -1.20. The maximum atomic E-state index is 11.0. The molecule has 0 aromatic heterocycles. The Kier molecular flexibility index (Phi) is 2.43. The summed E-state index contributed by atoms with van der Waals surface area (Å²) in [7, 11) is 0. The van der Waals surface area contributed by atoms with E-state index in [1.54, 1.807) is 5.92 Å². The molecule has 1 atom stereocenters. The normalized spacial score (nSPS) is 12.8. The first-order valence-electron chi connectivity index (χ1n) is 1.51. The minimum Gasteiger partial charge on any atom is -0.378 e. The lowest BCUT2D eigenvalue weighted by Gasteiger charge is -1.87. The van der Waals surface area contributed by atoms with Crippen LogP contribution >= 0.6 is 0 Å². The molecule has 34 valence electrons. The first-order chi connectivity index (χ1) is 2.81. The Bertz CT molecular complexity index is 64.4. The molecule has 0 aromatic rings. The first-order valence-corrected chi connectivity index (χ1v) is 1.51. The van der Waals surface area contributed by atoms with Crippen LogP contribution in [0.4, 0.5) is 4.39 Å². The Morgan fingerprint density at radius 3 is 2.50 bits per heavy atom. The van der Waals surface area contributed by atoms with Gasteiger partial charge in [-0.05, 0) is 0 Å². The second-order valence-electron chi connectivity index (χ2n) is 0.837. The molecule has 1 N–H and O–H groups in total. The summed E-state index contributed by atoms with van der Waals surface area (Å²) in [6, 6.07) is 0. The number of hydrogen-bond donors (Lipinski definition) is 1. The number of rotatable bonds is 1. The van der Waals surface area contributed by atoms with Crippen LogP contribution < -0.4 is 0 Å². The number of alkyl halides is 1. The highest BCUT2D eigenvalue weighted by Crippen LogP contribution is 1.76. The molecule has 0 aliphatic rings. The Morgan fingerprint density at radius 1 is 2.00 bits per heavy atom. The van der Waals surface area contributed by atoms with Crippen LogP contribution in [0.5, 0.6) is 0 Å². The van der Waals surface area contributed by atoms with Crippen LogP contribution in [0, 0.1) is 12.3 Å². The molecule has 1 nitrogen and oxygen atoms in total. The van der Waals surface area contributed by atoms with E-state index in [0.29, 0.717) is 0 Å². The molecular weight excluding hydrogens is 83.0 g/mol. The molecule has 0 saturated heterocycles. The van der Waals surface area contributed by atoms with Gasteiger partial charge in [-0.15, -0.1) is 6.42 Å². The topological polar surface area (TPSA) is 20.2 Å². The van der Waals surface area contributed by atoms with Gasteiger partial charge in [0.15, 0.2) is 0 Å². The molecule has 0 amide bonds. The third kappa shape index (κ3) is 1.74. The Balaban J connectivity index is 3.04. The van der Waals surface area contributed by atoms with Crippen molar-refractivity contribution in [3.05, 3.63) is 0 Å². The molecule has 0 aliphatic heterocycles. The predicted octanol–water partition coefficient (Wildman–Crippen LogP) is -0.0500. The molecular formula is C4H5FO. The van der Waals surface area contributed by atoms with Crippen LogP contribution in [0.25, 0.3) is 0 Å². The van der Waals surface area contributed by atoms with Gasteiger partial charge in [-0.2, -0.15) is 0 Å². The monoisotopic (exact) mass is 88.0 g/mol. The van der Waals surface area contributed by atoms with Gasteiger partial charge >= 0.3 is 0 Å². The van der Waals surface area contributed by atoms with Crippen molar-refractivity contribution in [1.82, 2.24) is 0 Å². The molecule has 6 heavy (non-hydrogen) atoms. The number of hydrogen-bond acceptors (Lipinski definition) is 1. The molecule has 0 rings (SSSR count). The molecule has 2 heteroatoms. The van der Waals surface area contributed by atoms with Crippen molar-refractivity contribution >= 4 is 0 Å². The Labute approximate surface area is 35.8 Å². The van der Waals surface area contributed by atoms with Crippen LogP contribution in [-0.2, 0) is 0 Å². The van der Waals surface area contributed by atoms with Gasteiger partial charge in [-0.3, -0.25) is 0 Å². The van der Waals surface area contributed by atoms with Crippen LogP contribution in [0.2, 0.25) is 0 Å². The summed E-state index contributed by atoms with van der Waals surface area (Å²) in [6.07, 6.45) is 3.34. The van der Waals surface area contributed by atoms with Crippen LogP contribution in [0.3, 0.4) is 0 Å². The lowest BCUT2D eigenvalue weighted by Crippen LogP contribution is -2.02.